The Bertz CT molecular complexity index is 943. The van der Waals surface area contributed by atoms with Crippen molar-refractivity contribution in [3.05, 3.63) is 49.9 Å². The molecule has 0 saturated heterocycles. The van der Waals surface area contributed by atoms with Crippen LogP contribution >= 0.6 is 11.8 Å². The van der Waals surface area contributed by atoms with Crippen LogP contribution < -0.4 is 15.6 Å². The average Bonchev–Trinajstić information content (AvgIpc) is 2.66. The van der Waals surface area contributed by atoms with E-state index in [2.05, 4.69) is 15.3 Å². The number of benzene rings is 1. The number of nitro groups is 1. The largest absolute Gasteiger partial charge is 0.496 e. The molecule has 1 heterocycles. The zero-order chi connectivity index (χ0) is 19.4. The fourth-order valence-electron chi connectivity index (χ4n) is 2.86. The summed E-state index contributed by atoms with van der Waals surface area (Å²) in [5, 5.41) is 14.1. The smallest absolute Gasteiger partial charge is 0.296 e. The standard InChI is InChI=1S/C17H18N4O5S/c1-26-10-6-7-13(14(8-10)21(24)25)18-15(22)9-27-17-19-12-5-3-2-4-11(12)16(23)20-17/h6-8H,2-5,9H2,1H3,(H,18,22)(H,19,20,23). The van der Waals surface area contributed by atoms with Crippen molar-refractivity contribution in [2.75, 3.05) is 18.2 Å². The maximum atomic E-state index is 12.2. The highest BCUT2D eigenvalue weighted by Crippen LogP contribution is 2.29. The minimum atomic E-state index is -0.589. The Morgan fingerprint density at radius 2 is 2.19 bits per heavy atom. The maximum absolute atomic E-state index is 12.2. The number of ether oxygens (including phenoxy) is 1. The molecule has 0 bridgehead atoms. The van der Waals surface area contributed by atoms with Crippen LogP contribution in [0.4, 0.5) is 11.4 Å². The molecule has 3 rings (SSSR count). The lowest BCUT2D eigenvalue weighted by Gasteiger charge is -2.14. The molecule has 142 valence electrons. The minimum absolute atomic E-state index is 0.0368. The van der Waals surface area contributed by atoms with E-state index in [0.29, 0.717) is 10.9 Å². The molecule has 9 nitrogen and oxygen atoms in total. The highest BCUT2D eigenvalue weighted by Gasteiger charge is 2.19. The second kappa shape index (κ2) is 8.21. The molecule has 27 heavy (non-hydrogen) atoms. The summed E-state index contributed by atoms with van der Waals surface area (Å²) >= 11 is 1.08. The minimum Gasteiger partial charge on any atom is -0.496 e. The molecule has 1 aliphatic carbocycles. The number of nitro benzene ring substituents is 1. The van der Waals surface area contributed by atoms with Crippen LogP contribution in [0.25, 0.3) is 0 Å². The Balaban J connectivity index is 1.68. The van der Waals surface area contributed by atoms with Gasteiger partial charge in [0.1, 0.15) is 11.4 Å². The summed E-state index contributed by atoms with van der Waals surface area (Å²) in [5.74, 6) is -0.149. The van der Waals surface area contributed by atoms with Gasteiger partial charge in [-0.25, -0.2) is 4.98 Å². The van der Waals surface area contributed by atoms with E-state index >= 15 is 0 Å². The number of nitrogens with one attached hydrogen (secondary N) is 2. The highest BCUT2D eigenvalue weighted by molar-refractivity contribution is 7.99. The van der Waals surface area contributed by atoms with Gasteiger partial charge in [0.25, 0.3) is 11.2 Å². The van der Waals surface area contributed by atoms with E-state index < -0.39 is 10.8 Å². The second-order valence-electron chi connectivity index (χ2n) is 5.98. The number of aromatic nitrogens is 2. The van der Waals surface area contributed by atoms with Crippen LogP contribution in [-0.4, -0.2) is 33.7 Å². The van der Waals surface area contributed by atoms with Gasteiger partial charge in [0.15, 0.2) is 5.16 Å². The summed E-state index contributed by atoms with van der Waals surface area (Å²) in [6.45, 7) is 0. The molecule has 10 heteroatoms. The van der Waals surface area contributed by atoms with Gasteiger partial charge in [0.2, 0.25) is 5.91 Å². The number of aromatic amines is 1. The van der Waals surface area contributed by atoms with Gasteiger partial charge in [-0.05, 0) is 37.8 Å². The number of thioether (sulfide) groups is 1. The Morgan fingerprint density at radius 3 is 2.93 bits per heavy atom. The molecule has 0 aliphatic heterocycles. The van der Waals surface area contributed by atoms with Crippen LogP contribution in [0.5, 0.6) is 5.75 Å². The van der Waals surface area contributed by atoms with E-state index in [0.717, 1.165) is 48.7 Å². The predicted molar refractivity (Wildman–Crippen MR) is 101 cm³/mol. The third-order valence-electron chi connectivity index (χ3n) is 4.19. The van der Waals surface area contributed by atoms with Crippen molar-refractivity contribution in [1.82, 2.24) is 9.97 Å². The molecule has 0 saturated carbocycles. The monoisotopic (exact) mass is 390 g/mol. The highest BCUT2D eigenvalue weighted by atomic mass is 32.2. The Morgan fingerprint density at radius 1 is 1.41 bits per heavy atom. The van der Waals surface area contributed by atoms with E-state index in [1.54, 1.807) is 0 Å². The zero-order valence-corrected chi connectivity index (χ0v) is 15.4. The Hall–Kier alpha value is -2.88. The lowest BCUT2D eigenvalue weighted by Crippen LogP contribution is -2.22. The molecule has 2 N–H and O–H groups in total. The number of nitrogens with zero attached hydrogens (tertiary/aromatic N) is 2. The van der Waals surface area contributed by atoms with Gasteiger partial charge in [-0.3, -0.25) is 19.7 Å². The fourth-order valence-corrected chi connectivity index (χ4v) is 3.54. The summed E-state index contributed by atoms with van der Waals surface area (Å²) in [5.41, 5.74) is 1.18. The lowest BCUT2D eigenvalue weighted by atomic mass is 9.97. The molecule has 0 radical (unpaired) electrons. The van der Waals surface area contributed by atoms with Gasteiger partial charge in [-0.2, -0.15) is 0 Å². The number of aryl methyl sites for hydroxylation is 1. The van der Waals surface area contributed by atoms with Crippen LogP contribution in [0.2, 0.25) is 0 Å². The van der Waals surface area contributed by atoms with Gasteiger partial charge in [-0.15, -0.1) is 0 Å². The van der Waals surface area contributed by atoms with Gasteiger partial charge >= 0.3 is 0 Å². The number of methoxy groups -OCH3 is 1. The number of hydrogen-bond acceptors (Lipinski definition) is 7. The molecular weight excluding hydrogens is 372 g/mol. The second-order valence-corrected chi connectivity index (χ2v) is 6.94. The predicted octanol–water partition coefficient (Wildman–Crippen LogP) is 2.30. The molecular formula is C17H18N4O5S. The third-order valence-corrected chi connectivity index (χ3v) is 5.06. The topological polar surface area (TPSA) is 127 Å². The van der Waals surface area contributed by atoms with Crippen LogP contribution in [0, 0.1) is 10.1 Å². The van der Waals surface area contributed by atoms with Gasteiger partial charge in [0, 0.05) is 5.56 Å². The van der Waals surface area contributed by atoms with E-state index in [1.807, 2.05) is 0 Å². The first-order valence-electron chi connectivity index (χ1n) is 8.35. The zero-order valence-electron chi connectivity index (χ0n) is 14.6. The molecule has 0 spiro atoms. The van der Waals surface area contributed by atoms with Gasteiger partial charge in [-0.1, -0.05) is 11.8 Å². The van der Waals surface area contributed by atoms with E-state index in [1.165, 1.54) is 25.3 Å². The van der Waals surface area contributed by atoms with E-state index in [-0.39, 0.29) is 22.7 Å². The van der Waals surface area contributed by atoms with Crippen LogP contribution in [-0.2, 0) is 17.6 Å². The summed E-state index contributed by atoms with van der Waals surface area (Å²) in [6, 6.07) is 4.18. The number of rotatable bonds is 6. The number of anilines is 1. The first kappa shape index (κ1) is 18.9. The lowest BCUT2D eigenvalue weighted by molar-refractivity contribution is -0.384. The molecule has 0 fully saturated rings. The fraction of sp³-hybridized carbons (Fsp3) is 0.353. The van der Waals surface area contributed by atoms with Crippen molar-refractivity contribution in [3.63, 3.8) is 0 Å². The number of carbonyl (C=O) groups excluding carboxylic acids is 1. The van der Waals surface area contributed by atoms with Crippen molar-refractivity contribution in [3.8, 4) is 5.75 Å². The van der Waals surface area contributed by atoms with Crippen molar-refractivity contribution in [1.29, 1.82) is 0 Å². The maximum Gasteiger partial charge on any atom is 0.296 e. The average molecular weight is 390 g/mol. The summed E-state index contributed by atoms with van der Waals surface area (Å²) in [6.07, 6.45) is 3.46. The van der Waals surface area contributed by atoms with Gasteiger partial charge < -0.3 is 15.0 Å². The number of H-pyrrole nitrogens is 1. The molecule has 1 aliphatic rings. The molecule has 0 unspecified atom stereocenters. The summed E-state index contributed by atoms with van der Waals surface area (Å²) in [4.78, 5) is 42.0. The van der Waals surface area contributed by atoms with Gasteiger partial charge in [0.05, 0.1) is 29.5 Å². The number of carbonyl (C=O) groups is 1. The van der Waals surface area contributed by atoms with Crippen LogP contribution in [0.3, 0.4) is 0 Å². The van der Waals surface area contributed by atoms with Crippen LogP contribution in [0.1, 0.15) is 24.1 Å². The van der Waals surface area contributed by atoms with Crippen molar-refractivity contribution >= 4 is 29.0 Å². The van der Waals surface area contributed by atoms with E-state index in [4.69, 9.17) is 4.74 Å². The normalized spacial score (nSPS) is 12.9. The quantitative estimate of drug-likeness (QED) is 0.335. The summed E-state index contributed by atoms with van der Waals surface area (Å²) in [7, 11) is 1.40. The SMILES string of the molecule is COc1ccc(NC(=O)CSc2nc3c(c(=O)[nH]2)CCCC3)c([N+](=O)[O-])c1. The Labute approximate surface area is 158 Å². The number of amides is 1. The van der Waals surface area contributed by atoms with Crippen molar-refractivity contribution in [2.24, 2.45) is 0 Å². The molecule has 1 aromatic heterocycles. The van der Waals surface area contributed by atoms with Crippen molar-refractivity contribution in [2.45, 2.75) is 30.8 Å². The molecule has 2 aromatic rings. The molecule has 1 aromatic carbocycles. The van der Waals surface area contributed by atoms with Crippen molar-refractivity contribution < 1.29 is 14.5 Å². The summed E-state index contributed by atoms with van der Waals surface area (Å²) < 4.78 is 4.96. The molecule has 1 amide bonds. The van der Waals surface area contributed by atoms with E-state index in [9.17, 15) is 19.7 Å². The van der Waals surface area contributed by atoms with Crippen LogP contribution in [0.15, 0.2) is 28.2 Å². The molecule has 0 atom stereocenters. The first-order valence-corrected chi connectivity index (χ1v) is 9.33. The third kappa shape index (κ3) is 4.45. The number of fused-ring (bicyclic) bond motifs is 1. The number of hydrogen-bond donors (Lipinski definition) is 2. The Kier molecular flexibility index (Phi) is 5.75. The first-order chi connectivity index (χ1) is 13.0.